The first kappa shape index (κ1) is 11.6. The monoisotopic (exact) mass is 209 g/mol. The summed E-state index contributed by atoms with van der Waals surface area (Å²) in [5.74, 6) is 0. The minimum atomic E-state index is 0.128. The van der Waals surface area contributed by atoms with Gasteiger partial charge in [0.15, 0.2) is 0 Å². The minimum absolute atomic E-state index is 0.128. The highest BCUT2D eigenvalue weighted by molar-refractivity contribution is 8.00. The predicted molar refractivity (Wildman–Crippen MR) is 64.7 cm³/mol. The molecule has 1 unspecified atom stereocenters. The molecule has 14 heavy (non-hydrogen) atoms. The first-order valence-electron chi connectivity index (χ1n) is 5.16. The molecule has 0 amide bonds. The first-order valence-corrected chi connectivity index (χ1v) is 6.04. The van der Waals surface area contributed by atoms with Gasteiger partial charge in [0.25, 0.3) is 0 Å². The van der Waals surface area contributed by atoms with Crippen LogP contribution in [-0.2, 0) is 0 Å². The van der Waals surface area contributed by atoms with E-state index < -0.39 is 0 Å². The molecule has 0 bridgehead atoms. The molecule has 0 saturated carbocycles. The summed E-state index contributed by atoms with van der Waals surface area (Å²) in [6, 6.07) is 8.55. The second-order valence-corrected chi connectivity index (χ2v) is 5.14. The molecule has 1 rings (SSSR count). The van der Waals surface area contributed by atoms with E-state index in [2.05, 4.69) is 38.1 Å². The molecule has 78 valence electrons. The van der Waals surface area contributed by atoms with Crippen molar-refractivity contribution in [2.45, 2.75) is 43.4 Å². The van der Waals surface area contributed by atoms with Gasteiger partial charge in [-0.1, -0.05) is 32.0 Å². The van der Waals surface area contributed by atoms with Crippen LogP contribution in [-0.4, -0.2) is 5.25 Å². The Bertz CT molecular complexity index is 283. The Balaban J connectivity index is 2.84. The van der Waals surface area contributed by atoms with Crippen LogP contribution >= 0.6 is 11.8 Å². The van der Waals surface area contributed by atoms with Gasteiger partial charge in [0.1, 0.15) is 0 Å². The normalized spacial score (nSPS) is 15.1. The van der Waals surface area contributed by atoms with E-state index in [4.69, 9.17) is 5.73 Å². The maximum absolute atomic E-state index is 5.92. The third kappa shape index (κ3) is 3.03. The minimum Gasteiger partial charge on any atom is -0.324 e. The van der Waals surface area contributed by atoms with E-state index in [9.17, 15) is 0 Å². The van der Waals surface area contributed by atoms with Crippen LogP contribution in [0.3, 0.4) is 0 Å². The van der Waals surface area contributed by atoms with Gasteiger partial charge in [-0.3, -0.25) is 0 Å². The van der Waals surface area contributed by atoms with E-state index in [1.165, 1.54) is 16.9 Å². The zero-order chi connectivity index (χ0) is 10.6. The third-order valence-corrected chi connectivity index (χ3v) is 3.67. The average Bonchev–Trinajstić information content (AvgIpc) is 2.18. The smallest absolute Gasteiger partial charge is 0.0277 e. The molecule has 0 fully saturated rings. The molecule has 0 saturated heterocycles. The third-order valence-electron chi connectivity index (χ3n) is 2.31. The highest BCUT2D eigenvalue weighted by atomic mass is 32.2. The molecule has 1 aromatic rings. The maximum Gasteiger partial charge on any atom is 0.0277 e. The Kier molecular flexibility index (Phi) is 4.49. The Labute approximate surface area is 91.1 Å². The average molecular weight is 209 g/mol. The van der Waals surface area contributed by atoms with Gasteiger partial charge >= 0.3 is 0 Å². The fourth-order valence-corrected chi connectivity index (χ4v) is 2.41. The molecule has 2 N–H and O–H groups in total. The molecule has 0 aliphatic rings. The standard InChI is InChI=1S/C12H19NS/c1-4-9(2)14-12-8-6-5-7-11(12)10(3)13/h5-10H,4,13H2,1-3H3/t9?,10-/m1/s1. The lowest BCUT2D eigenvalue weighted by molar-refractivity contribution is 0.795. The van der Waals surface area contributed by atoms with Gasteiger partial charge in [-0.25, -0.2) is 0 Å². The van der Waals surface area contributed by atoms with E-state index in [1.807, 2.05) is 18.7 Å². The Morgan fingerprint density at radius 3 is 2.50 bits per heavy atom. The lowest BCUT2D eigenvalue weighted by Crippen LogP contribution is -2.07. The van der Waals surface area contributed by atoms with Gasteiger partial charge in [-0.15, -0.1) is 11.8 Å². The second kappa shape index (κ2) is 5.42. The fraction of sp³-hybridized carbons (Fsp3) is 0.500. The highest BCUT2D eigenvalue weighted by Crippen LogP contribution is 2.30. The first-order chi connectivity index (χ1) is 6.65. The molecule has 0 spiro atoms. The molecule has 0 aromatic heterocycles. The van der Waals surface area contributed by atoms with E-state index in [-0.39, 0.29) is 6.04 Å². The molecular formula is C12H19NS. The molecule has 2 atom stereocenters. The summed E-state index contributed by atoms with van der Waals surface area (Å²) in [4.78, 5) is 1.33. The molecule has 1 nitrogen and oxygen atoms in total. The summed E-state index contributed by atoms with van der Waals surface area (Å²) >= 11 is 1.92. The van der Waals surface area contributed by atoms with E-state index in [1.54, 1.807) is 0 Å². The molecule has 2 heteroatoms. The van der Waals surface area contributed by atoms with Crippen molar-refractivity contribution in [3.63, 3.8) is 0 Å². The summed E-state index contributed by atoms with van der Waals surface area (Å²) in [5, 5.41) is 0.662. The van der Waals surface area contributed by atoms with Crippen molar-refractivity contribution in [3.8, 4) is 0 Å². The Hall–Kier alpha value is -0.470. The SMILES string of the molecule is CCC(C)Sc1ccccc1[C@@H](C)N. The van der Waals surface area contributed by atoms with Crippen molar-refractivity contribution in [1.82, 2.24) is 0 Å². The lowest BCUT2D eigenvalue weighted by Gasteiger charge is -2.14. The van der Waals surface area contributed by atoms with Crippen LogP contribution in [0.15, 0.2) is 29.2 Å². The number of hydrogen-bond acceptors (Lipinski definition) is 2. The Morgan fingerprint density at radius 2 is 1.93 bits per heavy atom. The van der Waals surface area contributed by atoms with Crippen molar-refractivity contribution < 1.29 is 0 Å². The number of rotatable bonds is 4. The van der Waals surface area contributed by atoms with Crippen molar-refractivity contribution in [2.75, 3.05) is 0 Å². The van der Waals surface area contributed by atoms with E-state index in [0.717, 1.165) is 0 Å². The summed E-state index contributed by atoms with van der Waals surface area (Å²) < 4.78 is 0. The van der Waals surface area contributed by atoms with Gasteiger partial charge < -0.3 is 5.73 Å². The summed E-state index contributed by atoms with van der Waals surface area (Å²) in [6.45, 7) is 6.50. The number of thioether (sulfide) groups is 1. The molecule has 1 aromatic carbocycles. The lowest BCUT2D eigenvalue weighted by atomic mass is 10.1. The number of nitrogens with two attached hydrogens (primary N) is 1. The van der Waals surface area contributed by atoms with Crippen LogP contribution in [0, 0.1) is 0 Å². The van der Waals surface area contributed by atoms with Crippen LogP contribution in [0.25, 0.3) is 0 Å². The van der Waals surface area contributed by atoms with Gasteiger partial charge in [0.05, 0.1) is 0 Å². The molecule has 0 aliphatic heterocycles. The molecule has 0 aliphatic carbocycles. The van der Waals surface area contributed by atoms with Crippen LogP contribution in [0.1, 0.15) is 38.8 Å². The predicted octanol–water partition coefficient (Wildman–Crippen LogP) is 3.60. The zero-order valence-electron chi connectivity index (χ0n) is 9.16. The van der Waals surface area contributed by atoms with E-state index in [0.29, 0.717) is 5.25 Å². The Morgan fingerprint density at radius 1 is 1.29 bits per heavy atom. The van der Waals surface area contributed by atoms with Crippen LogP contribution in [0.4, 0.5) is 0 Å². The van der Waals surface area contributed by atoms with Crippen molar-refractivity contribution in [2.24, 2.45) is 5.73 Å². The second-order valence-electron chi connectivity index (χ2n) is 3.66. The van der Waals surface area contributed by atoms with E-state index >= 15 is 0 Å². The highest BCUT2D eigenvalue weighted by Gasteiger charge is 2.08. The molecule has 0 radical (unpaired) electrons. The maximum atomic E-state index is 5.92. The number of benzene rings is 1. The topological polar surface area (TPSA) is 26.0 Å². The van der Waals surface area contributed by atoms with Crippen molar-refractivity contribution in [1.29, 1.82) is 0 Å². The van der Waals surface area contributed by atoms with Crippen LogP contribution in [0.5, 0.6) is 0 Å². The number of hydrogen-bond donors (Lipinski definition) is 1. The fourth-order valence-electron chi connectivity index (χ4n) is 1.26. The summed E-state index contributed by atoms with van der Waals surface area (Å²) in [7, 11) is 0. The molecular weight excluding hydrogens is 190 g/mol. The largest absolute Gasteiger partial charge is 0.324 e. The van der Waals surface area contributed by atoms with Crippen molar-refractivity contribution in [3.05, 3.63) is 29.8 Å². The molecule has 0 heterocycles. The van der Waals surface area contributed by atoms with Gasteiger partial charge in [0.2, 0.25) is 0 Å². The van der Waals surface area contributed by atoms with Gasteiger partial charge in [0, 0.05) is 16.2 Å². The van der Waals surface area contributed by atoms with Crippen LogP contribution < -0.4 is 5.73 Å². The quantitative estimate of drug-likeness (QED) is 0.767. The van der Waals surface area contributed by atoms with Gasteiger partial charge in [-0.2, -0.15) is 0 Å². The summed E-state index contributed by atoms with van der Waals surface area (Å²) in [5.41, 5.74) is 7.18. The zero-order valence-corrected chi connectivity index (χ0v) is 9.97. The summed E-state index contributed by atoms with van der Waals surface area (Å²) in [6.07, 6.45) is 1.19. The van der Waals surface area contributed by atoms with Crippen LogP contribution in [0.2, 0.25) is 0 Å². The van der Waals surface area contributed by atoms with Crippen molar-refractivity contribution >= 4 is 11.8 Å². The van der Waals surface area contributed by atoms with Gasteiger partial charge in [-0.05, 0) is 25.0 Å².